The molecule has 1 heterocycles. The van der Waals surface area contributed by atoms with Crippen LogP contribution in [0.15, 0.2) is 12.3 Å². The quantitative estimate of drug-likeness (QED) is 0.647. The number of halogens is 3. The molecule has 8 heteroatoms. The van der Waals surface area contributed by atoms with Crippen molar-refractivity contribution in [2.24, 2.45) is 0 Å². The van der Waals surface area contributed by atoms with E-state index in [0.29, 0.717) is 0 Å². The van der Waals surface area contributed by atoms with Crippen LogP contribution in [0.25, 0.3) is 0 Å². The number of nitrogens with two attached hydrogens (primary N) is 1. The van der Waals surface area contributed by atoms with Crippen molar-refractivity contribution in [3.63, 3.8) is 0 Å². The van der Waals surface area contributed by atoms with E-state index in [4.69, 9.17) is 15.9 Å². The van der Waals surface area contributed by atoms with Gasteiger partial charge in [0.2, 0.25) is 0 Å². The number of alkyl halides is 3. The molecule has 0 amide bonds. The maximum absolute atomic E-state index is 12.5. The third-order valence-corrected chi connectivity index (χ3v) is 2.36. The lowest BCUT2D eigenvalue weighted by Gasteiger charge is -2.28. The third-order valence-electron chi connectivity index (χ3n) is 2.36. The van der Waals surface area contributed by atoms with E-state index in [-0.39, 0.29) is 11.4 Å². The Kier molecular flexibility index (Phi) is 4.02. The van der Waals surface area contributed by atoms with E-state index in [1.54, 1.807) is 0 Å². The predicted molar refractivity (Wildman–Crippen MR) is 59.9 cm³/mol. The summed E-state index contributed by atoms with van der Waals surface area (Å²) in [4.78, 5) is 3.18. The number of nitrogens with zero attached hydrogens (tertiary/aromatic N) is 1. The van der Waals surface area contributed by atoms with E-state index in [9.17, 15) is 13.2 Å². The van der Waals surface area contributed by atoms with Crippen LogP contribution in [-0.4, -0.2) is 33.9 Å². The van der Waals surface area contributed by atoms with Gasteiger partial charge >= 0.3 is 6.18 Å². The summed E-state index contributed by atoms with van der Waals surface area (Å²) in [6, 6.07) is 0.735. The Labute approximate surface area is 101 Å². The van der Waals surface area contributed by atoms with E-state index < -0.39 is 30.6 Å². The van der Waals surface area contributed by atoms with Gasteiger partial charge in [-0.2, -0.15) is 13.2 Å². The Bertz CT molecular complexity index is 419. The summed E-state index contributed by atoms with van der Waals surface area (Å²) in [6.07, 6.45) is -3.71. The molecule has 0 unspecified atom stereocenters. The van der Waals surface area contributed by atoms with E-state index >= 15 is 0 Å². The SMILES string of the molecule is CC(CO)(CO)Nc1cc(C(F)(F)F)ncc1N. The minimum atomic E-state index is -4.58. The minimum absolute atomic E-state index is 0.00359. The highest BCUT2D eigenvalue weighted by Crippen LogP contribution is 2.32. The van der Waals surface area contributed by atoms with Crippen LogP contribution in [0.1, 0.15) is 12.6 Å². The highest BCUT2D eigenvalue weighted by atomic mass is 19.4. The lowest BCUT2D eigenvalue weighted by atomic mass is 10.0. The molecule has 5 nitrogen and oxygen atoms in total. The summed E-state index contributed by atoms with van der Waals surface area (Å²) in [5, 5.41) is 20.7. The molecule has 0 bridgehead atoms. The Morgan fingerprint density at radius 1 is 1.33 bits per heavy atom. The zero-order chi connectivity index (χ0) is 14.0. The van der Waals surface area contributed by atoms with E-state index in [0.717, 1.165) is 12.3 Å². The maximum Gasteiger partial charge on any atom is 0.433 e. The van der Waals surface area contributed by atoms with Crippen molar-refractivity contribution in [3.05, 3.63) is 18.0 Å². The number of nitrogens with one attached hydrogen (secondary N) is 1. The van der Waals surface area contributed by atoms with Crippen LogP contribution in [0.3, 0.4) is 0 Å². The first kappa shape index (κ1) is 14.5. The first-order valence-electron chi connectivity index (χ1n) is 5.04. The minimum Gasteiger partial charge on any atom is -0.396 e. The molecule has 1 rings (SSSR count). The highest BCUT2D eigenvalue weighted by molar-refractivity contribution is 5.66. The third kappa shape index (κ3) is 3.23. The fraction of sp³-hybridized carbons (Fsp3) is 0.500. The second-order valence-corrected chi connectivity index (χ2v) is 4.16. The molecule has 0 aromatic carbocycles. The predicted octanol–water partition coefficient (Wildman–Crippen LogP) is 0.838. The summed E-state index contributed by atoms with van der Waals surface area (Å²) in [6.45, 7) is 0.513. The van der Waals surface area contributed by atoms with Crippen LogP contribution in [-0.2, 0) is 6.18 Å². The van der Waals surface area contributed by atoms with Gasteiger partial charge in [0.1, 0.15) is 5.69 Å². The van der Waals surface area contributed by atoms with Crippen molar-refractivity contribution >= 4 is 11.4 Å². The molecule has 18 heavy (non-hydrogen) atoms. The number of hydrogen-bond donors (Lipinski definition) is 4. The number of aliphatic hydroxyl groups excluding tert-OH is 2. The molecule has 5 N–H and O–H groups in total. The van der Waals surface area contributed by atoms with Crippen LogP contribution in [0.2, 0.25) is 0 Å². The number of pyridine rings is 1. The number of aliphatic hydroxyl groups is 2. The number of aromatic nitrogens is 1. The van der Waals surface area contributed by atoms with Gasteiger partial charge in [-0.05, 0) is 13.0 Å². The van der Waals surface area contributed by atoms with Gasteiger partial charge in [-0.3, -0.25) is 0 Å². The van der Waals surface area contributed by atoms with Crippen LogP contribution < -0.4 is 11.1 Å². The van der Waals surface area contributed by atoms with Crippen LogP contribution in [0, 0.1) is 0 Å². The summed E-state index contributed by atoms with van der Waals surface area (Å²) in [5.74, 6) is 0. The van der Waals surface area contributed by atoms with Gasteiger partial charge in [-0.1, -0.05) is 0 Å². The molecule has 0 atom stereocenters. The molecule has 0 aliphatic carbocycles. The van der Waals surface area contributed by atoms with Gasteiger partial charge in [0, 0.05) is 0 Å². The molecule has 0 fully saturated rings. The van der Waals surface area contributed by atoms with Gasteiger partial charge in [0.25, 0.3) is 0 Å². The zero-order valence-electron chi connectivity index (χ0n) is 9.62. The van der Waals surface area contributed by atoms with Crippen molar-refractivity contribution in [1.29, 1.82) is 0 Å². The second kappa shape index (κ2) is 4.99. The van der Waals surface area contributed by atoms with Gasteiger partial charge in [0.15, 0.2) is 0 Å². The number of nitrogen functional groups attached to an aromatic ring is 1. The molecular weight excluding hydrogens is 251 g/mol. The summed E-state index contributed by atoms with van der Waals surface area (Å²) in [7, 11) is 0. The summed E-state index contributed by atoms with van der Waals surface area (Å²) < 4.78 is 37.4. The van der Waals surface area contributed by atoms with E-state index in [1.807, 2.05) is 0 Å². The Morgan fingerprint density at radius 2 is 1.89 bits per heavy atom. The zero-order valence-corrected chi connectivity index (χ0v) is 9.62. The molecule has 1 aromatic heterocycles. The number of anilines is 2. The van der Waals surface area contributed by atoms with E-state index in [2.05, 4.69) is 10.3 Å². The number of rotatable bonds is 4. The molecular formula is C10H14F3N3O2. The molecule has 0 saturated heterocycles. The molecule has 0 aliphatic rings. The van der Waals surface area contributed by atoms with Crippen LogP contribution >= 0.6 is 0 Å². The largest absolute Gasteiger partial charge is 0.433 e. The average Bonchev–Trinajstić information content (AvgIpc) is 2.30. The van der Waals surface area contributed by atoms with Crippen LogP contribution in [0.5, 0.6) is 0 Å². The van der Waals surface area contributed by atoms with Crippen molar-refractivity contribution in [3.8, 4) is 0 Å². The van der Waals surface area contributed by atoms with Crippen LogP contribution in [0.4, 0.5) is 24.5 Å². The summed E-state index contributed by atoms with van der Waals surface area (Å²) in [5.41, 5.74) is 3.18. The molecule has 0 spiro atoms. The fourth-order valence-corrected chi connectivity index (χ4v) is 1.18. The van der Waals surface area contributed by atoms with Crippen molar-refractivity contribution in [2.75, 3.05) is 24.3 Å². The van der Waals surface area contributed by atoms with Gasteiger partial charge in [0.05, 0.1) is 36.3 Å². The molecule has 0 saturated carbocycles. The van der Waals surface area contributed by atoms with Gasteiger partial charge < -0.3 is 21.3 Å². The Morgan fingerprint density at radius 3 is 2.33 bits per heavy atom. The van der Waals surface area contributed by atoms with Crippen molar-refractivity contribution in [2.45, 2.75) is 18.6 Å². The molecule has 0 aliphatic heterocycles. The normalized spacial score (nSPS) is 12.6. The number of hydrogen-bond acceptors (Lipinski definition) is 5. The topological polar surface area (TPSA) is 91.4 Å². The first-order chi connectivity index (χ1) is 8.22. The smallest absolute Gasteiger partial charge is 0.396 e. The maximum atomic E-state index is 12.5. The van der Waals surface area contributed by atoms with Crippen molar-refractivity contribution in [1.82, 2.24) is 4.98 Å². The van der Waals surface area contributed by atoms with Crippen molar-refractivity contribution < 1.29 is 23.4 Å². The lowest BCUT2D eigenvalue weighted by Crippen LogP contribution is -2.42. The molecule has 102 valence electrons. The highest BCUT2D eigenvalue weighted by Gasteiger charge is 2.33. The average molecular weight is 265 g/mol. The van der Waals surface area contributed by atoms with Gasteiger partial charge in [-0.25, -0.2) is 4.98 Å². The fourth-order valence-electron chi connectivity index (χ4n) is 1.18. The molecule has 1 aromatic rings. The summed E-state index contributed by atoms with van der Waals surface area (Å²) >= 11 is 0. The standard InChI is InChI=1S/C10H14F3N3O2/c1-9(4-17,5-18)16-7-2-8(10(11,12)13)15-3-6(7)14/h2-3,17-18H,4-5,14H2,1H3,(H,15,16). The monoisotopic (exact) mass is 265 g/mol. The second-order valence-electron chi connectivity index (χ2n) is 4.16. The Hall–Kier alpha value is -1.54. The molecule has 0 radical (unpaired) electrons. The van der Waals surface area contributed by atoms with E-state index in [1.165, 1.54) is 6.92 Å². The first-order valence-corrected chi connectivity index (χ1v) is 5.04. The lowest BCUT2D eigenvalue weighted by molar-refractivity contribution is -0.141. The van der Waals surface area contributed by atoms with Gasteiger partial charge in [-0.15, -0.1) is 0 Å². The Balaban J connectivity index is 3.09.